The molecule has 0 aliphatic carbocycles. The number of ether oxygens (including phenoxy) is 1. The average molecular weight is 243 g/mol. The summed E-state index contributed by atoms with van der Waals surface area (Å²) in [7, 11) is 0. The van der Waals surface area contributed by atoms with Crippen LogP contribution in [0.5, 0.6) is 5.75 Å². The van der Waals surface area contributed by atoms with Gasteiger partial charge in [0.1, 0.15) is 5.75 Å². The highest BCUT2D eigenvalue weighted by Gasteiger charge is 1.99. The molecule has 3 heteroatoms. The first-order valence-electron chi connectivity index (χ1n) is 3.95. The Kier molecular flexibility index (Phi) is 3.99. The minimum Gasteiger partial charge on any atom is -0.461 e. The molecule has 0 spiro atoms. The third-order valence-electron chi connectivity index (χ3n) is 1.43. The summed E-state index contributed by atoms with van der Waals surface area (Å²) in [6.45, 7) is 1.83. The van der Waals surface area contributed by atoms with E-state index in [0.29, 0.717) is 5.75 Å². The molecule has 0 heterocycles. The molecule has 1 N–H and O–H groups in total. The smallest absolute Gasteiger partial charge is 0.217 e. The van der Waals surface area contributed by atoms with Crippen LogP contribution in [0, 0.1) is 0 Å². The lowest BCUT2D eigenvalue weighted by Gasteiger charge is -2.08. The lowest BCUT2D eigenvalue weighted by Crippen LogP contribution is -2.11. The van der Waals surface area contributed by atoms with Gasteiger partial charge in [-0.1, -0.05) is 22.0 Å². The first kappa shape index (κ1) is 10.3. The topological polar surface area (TPSA) is 29.5 Å². The van der Waals surface area contributed by atoms with Gasteiger partial charge in [-0.25, -0.2) is 0 Å². The van der Waals surface area contributed by atoms with Crippen molar-refractivity contribution in [1.82, 2.24) is 0 Å². The highest BCUT2D eigenvalue weighted by molar-refractivity contribution is 9.10. The highest BCUT2D eigenvalue weighted by atomic mass is 79.9. The van der Waals surface area contributed by atoms with Crippen LogP contribution in [0.15, 0.2) is 40.9 Å². The quantitative estimate of drug-likeness (QED) is 0.653. The second-order valence-electron chi connectivity index (χ2n) is 2.49. The van der Waals surface area contributed by atoms with Gasteiger partial charge >= 0.3 is 0 Å². The molecule has 1 unspecified atom stereocenters. The van der Waals surface area contributed by atoms with Gasteiger partial charge in [0.2, 0.25) is 6.29 Å². The molecule has 70 valence electrons. The molecule has 0 fully saturated rings. The molecule has 0 aromatic heterocycles. The van der Waals surface area contributed by atoms with Gasteiger partial charge in [0, 0.05) is 4.47 Å². The van der Waals surface area contributed by atoms with Gasteiger partial charge < -0.3 is 9.84 Å². The predicted octanol–water partition coefficient (Wildman–Crippen LogP) is 2.72. The van der Waals surface area contributed by atoms with Crippen molar-refractivity contribution in [2.45, 2.75) is 13.2 Å². The third-order valence-corrected chi connectivity index (χ3v) is 1.96. The summed E-state index contributed by atoms with van der Waals surface area (Å²) in [6.07, 6.45) is 2.44. The number of rotatable bonds is 3. The Labute approximate surface area is 86.0 Å². The normalized spacial score (nSPS) is 13.2. The van der Waals surface area contributed by atoms with Gasteiger partial charge in [0.05, 0.1) is 0 Å². The minimum absolute atomic E-state index is 0.647. The second-order valence-corrected chi connectivity index (χ2v) is 3.40. The first-order chi connectivity index (χ1) is 6.22. The van der Waals surface area contributed by atoms with Crippen LogP contribution in [0.1, 0.15) is 6.92 Å². The fourth-order valence-electron chi connectivity index (χ4n) is 0.857. The molecule has 0 aliphatic heterocycles. The maximum absolute atomic E-state index is 9.25. The van der Waals surface area contributed by atoms with E-state index in [-0.39, 0.29) is 0 Å². The van der Waals surface area contributed by atoms with E-state index in [1.807, 2.05) is 19.1 Å². The number of hydrogen-bond donors (Lipinski definition) is 1. The summed E-state index contributed by atoms with van der Waals surface area (Å²) in [6, 6.07) is 7.29. The number of aliphatic hydroxyl groups is 1. The summed E-state index contributed by atoms with van der Waals surface area (Å²) in [4.78, 5) is 0. The van der Waals surface area contributed by atoms with E-state index in [9.17, 15) is 5.11 Å². The van der Waals surface area contributed by atoms with E-state index in [4.69, 9.17) is 4.74 Å². The molecule has 1 aromatic carbocycles. The Balaban J connectivity index is 2.59. The minimum atomic E-state index is -0.869. The van der Waals surface area contributed by atoms with Crippen LogP contribution in [-0.2, 0) is 0 Å². The van der Waals surface area contributed by atoms with Crippen LogP contribution in [0.2, 0.25) is 0 Å². The molecular weight excluding hydrogens is 232 g/mol. The van der Waals surface area contributed by atoms with Crippen LogP contribution in [0.25, 0.3) is 0 Å². The van der Waals surface area contributed by atoms with Crippen LogP contribution in [0.3, 0.4) is 0 Å². The molecule has 1 atom stereocenters. The largest absolute Gasteiger partial charge is 0.461 e. The van der Waals surface area contributed by atoms with E-state index in [1.165, 1.54) is 0 Å². The van der Waals surface area contributed by atoms with Gasteiger partial charge in [-0.15, -0.1) is 0 Å². The number of halogens is 1. The Bertz CT molecular complexity index is 279. The molecule has 0 saturated carbocycles. The fourth-order valence-corrected chi connectivity index (χ4v) is 1.12. The van der Waals surface area contributed by atoms with Gasteiger partial charge in [0.15, 0.2) is 0 Å². The third kappa shape index (κ3) is 3.61. The van der Waals surface area contributed by atoms with E-state index in [2.05, 4.69) is 15.9 Å². The summed E-state index contributed by atoms with van der Waals surface area (Å²) >= 11 is 3.31. The zero-order chi connectivity index (χ0) is 9.68. The van der Waals surface area contributed by atoms with Crippen LogP contribution < -0.4 is 4.74 Å². The number of benzene rings is 1. The van der Waals surface area contributed by atoms with Crippen LogP contribution in [-0.4, -0.2) is 11.4 Å². The zero-order valence-corrected chi connectivity index (χ0v) is 8.86. The maximum atomic E-state index is 9.25. The van der Waals surface area contributed by atoms with Crippen molar-refractivity contribution in [3.05, 3.63) is 40.9 Å². The SMILES string of the molecule is CC=CC(O)Oc1ccc(Br)cc1. The van der Waals surface area contributed by atoms with Crippen molar-refractivity contribution in [1.29, 1.82) is 0 Å². The van der Waals surface area contributed by atoms with Gasteiger partial charge in [-0.05, 0) is 37.3 Å². The summed E-state index contributed by atoms with van der Waals surface area (Å²) in [5, 5.41) is 9.25. The summed E-state index contributed by atoms with van der Waals surface area (Å²) in [5.74, 6) is 0.647. The fraction of sp³-hybridized carbons (Fsp3) is 0.200. The maximum Gasteiger partial charge on any atom is 0.217 e. The van der Waals surface area contributed by atoms with Crippen molar-refractivity contribution in [2.75, 3.05) is 0 Å². The zero-order valence-electron chi connectivity index (χ0n) is 7.27. The Hall–Kier alpha value is -0.800. The van der Waals surface area contributed by atoms with Crippen molar-refractivity contribution in [2.24, 2.45) is 0 Å². The average Bonchev–Trinajstić information content (AvgIpc) is 2.09. The van der Waals surface area contributed by atoms with E-state index >= 15 is 0 Å². The molecule has 0 saturated heterocycles. The first-order valence-corrected chi connectivity index (χ1v) is 4.75. The predicted molar refractivity (Wildman–Crippen MR) is 55.6 cm³/mol. The number of hydrogen-bond acceptors (Lipinski definition) is 2. The van der Waals surface area contributed by atoms with Gasteiger partial charge in [-0.2, -0.15) is 0 Å². The van der Waals surface area contributed by atoms with Crippen molar-refractivity contribution in [3.63, 3.8) is 0 Å². The van der Waals surface area contributed by atoms with E-state index in [1.54, 1.807) is 24.3 Å². The molecule has 1 aromatic rings. The Morgan fingerprint density at radius 3 is 2.54 bits per heavy atom. The molecule has 0 amide bonds. The monoisotopic (exact) mass is 242 g/mol. The molecular formula is C10H11BrO2. The molecule has 0 aliphatic rings. The number of allylic oxidation sites excluding steroid dienone is 1. The number of aliphatic hydroxyl groups excluding tert-OH is 1. The van der Waals surface area contributed by atoms with Crippen molar-refractivity contribution < 1.29 is 9.84 Å². The molecule has 0 bridgehead atoms. The molecule has 0 radical (unpaired) electrons. The van der Waals surface area contributed by atoms with Crippen molar-refractivity contribution >= 4 is 15.9 Å². The summed E-state index contributed by atoms with van der Waals surface area (Å²) < 4.78 is 6.14. The van der Waals surface area contributed by atoms with Gasteiger partial charge in [-0.3, -0.25) is 0 Å². The molecule has 2 nitrogen and oxygen atoms in total. The Morgan fingerprint density at radius 1 is 1.38 bits per heavy atom. The Morgan fingerprint density at radius 2 is 2.00 bits per heavy atom. The summed E-state index contributed by atoms with van der Waals surface area (Å²) in [5.41, 5.74) is 0. The lowest BCUT2D eigenvalue weighted by molar-refractivity contribution is 0.0247. The van der Waals surface area contributed by atoms with Gasteiger partial charge in [0.25, 0.3) is 0 Å². The van der Waals surface area contributed by atoms with Crippen molar-refractivity contribution in [3.8, 4) is 5.75 Å². The highest BCUT2D eigenvalue weighted by Crippen LogP contribution is 2.16. The van der Waals surface area contributed by atoms with E-state index in [0.717, 1.165) is 4.47 Å². The second kappa shape index (κ2) is 5.04. The lowest BCUT2D eigenvalue weighted by atomic mass is 10.3. The van der Waals surface area contributed by atoms with Crippen LogP contribution >= 0.6 is 15.9 Å². The van der Waals surface area contributed by atoms with E-state index < -0.39 is 6.29 Å². The standard InChI is InChI=1S/C10H11BrO2/c1-2-3-10(12)13-9-6-4-8(11)5-7-9/h2-7,10,12H,1H3. The van der Waals surface area contributed by atoms with Crippen LogP contribution in [0.4, 0.5) is 0 Å². The molecule has 13 heavy (non-hydrogen) atoms. The molecule has 1 rings (SSSR count).